The number of urea groups is 1. The number of nitrogens with one attached hydrogen (secondary N) is 2. The quantitative estimate of drug-likeness (QED) is 0.605. The van der Waals surface area contributed by atoms with Gasteiger partial charge in [-0.2, -0.15) is 0 Å². The molecule has 0 unspecified atom stereocenters. The first-order valence-electron chi connectivity index (χ1n) is 13.6. The molecular weight excluding hydrogens is 482 g/mol. The number of methoxy groups -OCH3 is 1. The Kier molecular flexibility index (Phi) is 7.72. The number of anilines is 2. The molecule has 2 N–H and O–H groups in total. The van der Waals surface area contributed by atoms with Gasteiger partial charge in [0.2, 0.25) is 5.91 Å². The molecule has 1 spiro atoms. The van der Waals surface area contributed by atoms with Gasteiger partial charge in [0.15, 0.2) is 0 Å². The number of ether oxygens (including phenoxy) is 1. The molecule has 0 bridgehead atoms. The van der Waals surface area contributed by atoms with Crippen LogP contribution >= 0.6 is 0 Å². The molecule has 2 saturated heterocycles. The number of hydrogen-bond donors (Lipinski definition) is 2. The Morgan fingerprint density at radius 2 is 1.74 bits per heavy atom. The molecule has 2 aromatic carbocycles. The summed E-state index contributed by atoms with van der Waals surface area (Å²) >= 11 is 0. The highest BCUT2D eigenvalue weighted by Crippen LogP contribution is 2.39. The standard InChI is InChI=1S/C29H37N5O4/c1-38-25-14-8-11-23(19-25)31-28(37)32-17-15-29(16-18-32)27(36)33(21-34(29)24-12-6-3-7-13-24)20-26(35)30-22-9-4-2-5-10-22/h3,6-8,11-14,19,22H,2,4-5,9-10,15-18,20-21H2,1H3,(H,30,35)(H,31,37). The SMILES string of the molecule is COc1cccc(NC(=O)N2CCC3(CC2)C(=O)N(CC(=O)NC2CCCCC2)CN3c2ccccc2)c1. The number of benzene rings is 2. The van der Waals surface area contributed by atoms with Crippen molar-refractivity contribution < 1.29 is 19.1 Å². The van der Waals surface area contributed by atoms with E-state index in [-0.39, 0.29) is 30.4 Å². The van der Waals surface area contributed by atoms with Gasteiger partial charge in [-0.05, 0) is 49.9 Å². The molecule has 9 heteroatoms. The molecule has 3 fully saturated rings. The maximum Gasteiger partial charge on any atom is 0.321 e. The van der Waals surface area contributed by atoms with Gasteiger partial charge in [-0.1, -0.05) is 43.5 Å². The van der Waals surface area contributed by atoms with Crippen LogP contribution < -0.4 is 20.3 Å². The van der Waals surface area contributed by atoms with Crippen molar-refractivity contribution in [3.05, 3.63) is 54.6 Å². The Bertz CT molecular complexity index is 1140. The van der Waals surface area contributed by atoms with Gasteiger partial charge in [-0.15, -0.1) is 0 Å². The van der Waals surface area contributed by atoms with Crippen LogP contribution in [0.4, 0.5) is 16.2 Å². The molecule has 4 amide bonds. The van der Waals surface area contributed by atoms with Crippen LogP contribution in [-0.4, -0.2) is 72.6 Å². The van der Waals surface area contributed by atoms with Crippen LogP contribution in [0.5, 0.6) is 5.75 Å². The number of nitrogens with zero attached hydrogens (tertiary/aromatic N) is 3. The summed E-state index contributed by atoms with van der Waals surface area (Å²) in [5, 5.41) is 6.08. The van der Waals surface area contributed by atoms with Gasteiger partial charge in [0.25, 0.3) is 5.91 Å². The number of hydrogen-bond acceptors (Lipinski definition) is 5. The van der Waals surface area contributed by atoms with E-state index < -0.39 is 5.54 Å². The molecule has 0 atom stereocenters. The van der Waals surface area contributed by atoms with Crippen molar-refractivity contribution in [2.24, 2.45) is 0 Å². The third-order valence-electron chi connectivity index (χ3n) is 8.09. The van der Waals surface area contributed by atoms with Crippen molar-refractivity contribution in [2.75, 3.05) is 43.6 Å². The molecule has 2 aromatic rings. The Morgan fingerprint density at radius 1 is 1.00 bits per heavy atom. The van der Waals surface area contributed by atoms with Gasteiger partial charge in [0.1, 0.15) is 17.8 Å². The van der Waals surface area contributed by atoms with E-state index in [2.05, 4.69) is 15.5 Å². The van der Waals surface area contributed by atoms with Crippen LogP contribution in [0.25, 0.3) is 0 Å². The average molecular weight is 520 g/mol. The monoisotopic (exact) mass is 519 g/mol. The minimum absolute atomic E-state index is 0.0343. The number of carbonyl (C=O) groups excluding carboxylic acids is 3. The largest absolute Gasteiger partial charge is 0.497 e. The molecule has 38 heavy (non-hydrogen) atoms. The fourth-order valence-electron chi connectivity index (χ4n) is 6.00. The molecule has 202 valence electrons. The fraction of sp³-hybridized carbons (Fsp3) is 0.483. The van der Waals surface area contributed by atoms with Crippen LogP contribution in [-0.2, 0) is 9.59 Å². The molecule has 9 nitrogen and oxygen atoms in total. The first-order chi connectivity index (χ1) is 18.5. The van der Waals surface area contributed by atoms with Crippen LogP contribution in [0, 0.1) is 0 Å². The first-order valence-corrected chi connectivity index (χ1v) is 13.6. The molecule has 5 rings (SSSR count). The second kappa shape index (κ2) is 11.3. The minimum Gasteiger partial charge on any atom is -0.497 e. The van der Waals surface area contributed by atoms with E-state index in [9.17, 15) is 14.4 Å². The number of likely N-dealkylation sites (tertiary alicyclic amines) is 1. The zero-order chi connectivity index (χ0) is 26.5. The van der Waals surface area contributed by atoms with Crippen molar-refractivity contribution in [2.45, 2.75) is 56.5 Å². The number of piperidine rings is 1. The molecular formula is C29H37N5O4. The van der Waals surface area contributed by atoms with Gasteiger partial charge in [0, 0.05) is 36.6 Å². The summed E-state index contributed by atoms with van der Waals surface area (Å²) in [5.41, 5.74) is 0.831. The topological polar surface area (TPSA) is 94.2 Å². The Labute approximate surface area is 224 Å². The van der Waals surface area contributed by atoms with Crippen molar-refractivity contribution >= 4 is 29.2 Å². The molecule has 3 aliphatic rings. The smallest absolute Gasteiger partial charge is 0.321 e. The predicted octanol–water partition coefficient (Wildman–Crippen LogP) is 3.82. The Balaban J connectivity index is 1.27. The normalized spacial score (nSPS) is 19.5. The summed E-state index contributed by atoms with van der Waals surface area (Å²) < 4.78 is 5.25. The average Bonchev–Trinajstić information content (AvgIpc) is 3.20. The summed E-state index contributed by atoms with van der Waals surface area (Å²) in [7, 11) is 1.59. The summed E-state index contributed by atoms with van der Waals surface area (Å²) in [6.07, 6.45) is 6.50. The maximum atomic E-state index is 13.9. The summed E-state index contributed by atoms with van der Waals surface area (Å²) in [5.74, 6) is 0.543. The molecule has 2 heterocycles. The zero-order valence-corrected chi connectivity index (χ0v) is 22.0. The van der Waals surface area contributed by atoms with E-state index in [1.54, 1.807) is 23.0 Å². The number of rotatable bonds is 6. The molecule has 2 aliphatic heterocycles. The van der Waals surface area contributed by atoms with Gasteiger partial charge in [-0.25, -0.2) is 4.79 Å². The summed E-state index contributed by atoms with van der Waals surface area (Å²) in [4.78, 5) is 45.4. The number of carbonyl (C=O) groups is 3. The predicted molar refractivity (Wildman–Crippen MR) is 146 cm³/mol. The van der Waals surface area contributed by atoms with Gasteiger partial charge >= 0.3 is 6.03 Å². The maximum absolute atomic E-state index is 13.9. The van der Waals surface area contributed by atoms with Crippen LogP contribution in [0.15, 0.2) is 54.6 Å². The van der Waals surface area contributed by atoms with Crippen LogP contribution in [0.2, 0.25) is 0 Å². The van der Waals surface area contributed by atoms with E-state index in [1.807, 2.05) is 48.5 Å². The molecule has 1 saturated carbocycles. The number of amides is 4. The molecule has 0 aromatic heterocycles. The van der Waals surface area contributed by atoms with Crippen molar-refractivity contribution in [3.8, 4) is 5.75 Å². The van der Waals surface area contributed by atoms with Crippen LogP contribution in [0.1, 0.15) is 44.9 Å². The molecule has 1 aliphatic carbocycles. The zero-order valence-electron chi connectivity index (χ0n) is 22.0. The Hall–Kier alpha value is -3.75. The minimum atomic E-state index is -0.779. The lowest BCUT2D eigenvalue weighted by Crippen LogP contribution is -2.58. The second-order valence-corrected chi connectivity index (χ2v) is 10.5. The third-order valence-corrected chi connectivity index (χ3v) is 8.09. The fourth-order valence-corrected chi connectivity index (χ4v) is 6.00. The van der Waals surface area contributed by atoms with Gasteiger partial charge in [-0.3, -0.25) is 9.59 Å². The third kappa shape index (κ3) is 5.42. The van der Waals surface area contributed by atoms with Crippen LogP contribution in [0.3, 0.4) is 0 Å². The van der Waals surface area contributed by atoms with E-state index in [0.717, 1.165) is 31.4 Å². The second-order valence-electron chi connectivity index (χ2n) is 10.5. The summed E-state index contributed by atoms with van der Waals surface area (Å²) in [6.45, 7) is 1.29. The van der Waals surface area contributed by atoms with E-state index in [4.69, 9.17) is 4.74 Å². The molecule has 0 radical (unpaired) electrons. The first kappa shape index (κ1) is 25.9. The highest BCUT2D eigenvalue weighted by atomic mass is 16.5. The summed E-state index contributed by atoms with van der Waals surface area (Å²) in [6, 6.07) is 17.1. The number of para-hydroxylation sites is 1. The lowest BCUT2D eigenvalue weighted by molar-refractivity contribution is -0.137. The highest BCUT2D eigenvalue weighted by Gasteiger charge is 2.54. The highest BCUT2D eigenvalue weighted by molar-refractivity contribution is 5.97. The van der Waals surface area contributed by atoms with Crippen molar-refractivity contribution in [1.82, 2.24) is 15.1 Å². The van der Waals surface area contributed by atoms with Gasteiger partial charge < -0.3 is 30.1 Å². The van der Waals surface area contributed by atoms with E-state index in [0.29, 0.717) is 44.0 Å². The Morgan fingerprint density at radius 3 is 2.45 bits per heavy atom. The van der Waals surface area contributed by atoms with E-state index >= 15 is 0 Å². The van der Waals surface area contributed by atoms with E-state index in [1.165, 1.54) is 6.42 Å². The van der Waals surface area contributed by atoms with Crippen molar-refractivity contribution in [1.29, 1.82) is 0 Å². The lowest BCUT2D eigenvalue weighted by atomic mass is 9.85. The van der Waals surface area contributed by atoms with Gasteiger partial charge in [0.05, 0.1) is 13.8 Å². The van der Waals surface area contributed by atoms with Crippen molar-refractivity contribution in [3.63, 3.8) is 0 Å². The lowest BCUT2D eigenvalue weighted by Gasteiger charge is -2.43.